The van der Waals surface area contributed by atoms with Gasteiger partial charge in [-0.2, -0.15) is 0 Å². The monoisotopic (exact) mass is 335 g/mol. The summed E-state index contributed by atoms with van der Waals surface area (Å²) in [7, 11) is 1.66. The van der Waals surface area contributed by atoms with Crippen molar-refractivity contribution in [2.45, 2.75) is 26.3 Å². The minimum Gasteiger partial charge on any atom is -0.481 e. The van der Waals surface area contributed by atoms with Gasteiger partial charge in [0, 0.05) is 44.5 Å². The molecule has 1 unspecified atom stereocenters. The highest BCUT2D eigenvalue weighted by Gasteiger charge is 2.26. The number of hydrogen-bond acceptors (Lipinski definition) is 4. The predicted octanol–water partition coefficient (Wildman–Crippen LogP) is 2.93. The summed E-state index contributed by atoms with van der Waals surface area (Å²) >= 11 is 0. The molecule has 0 aliphatic carbocycles. The van der Waals surface area contributed by atoms with Crippen molar-refractivity contribution in [3.63, 3.8) is 0 Å². The molecular formula is C15H27Cl2N3O. The van der Waals surface area contributed by atoms with Crippen LogP contribution in [0, 0.1) is 5.92 Å². The summed E-state index contributed by atoms with van der Waals surface area (Å²) in [5, 5.41) is 3.42. The van der Waals surface area contributed by atoms with E-state index in [4.69, 9.17) is 4.74 Å². The Morgan fingerprint density at radius 2 is 1.95 bits per heavy atom. The third-order valence-electron chi connectivity index (χ3n) is 4.04. The van der Waals surface area contributed by atoms with Crippen LogP contribution in [0.15, 0.2) is 18.3 Å². The minimum atomic E-state index is 0. The molecular weight excluding hydrogens is 309 g/mol. The van der Waals surface area contributed by atoms with E-state index in [9.17, 15) is 0 Å². The first kappa shape index (κ1) is 20.5. The fourth-order valence-electron chi connectivity index (χ4n) is 2.77. The second-order valence-electron chi connectivity index (χ2n) is 5.25. The van der Waals surface area contributed by atoms with Crippen LogP contribution < -0.4 is 10.1 Å². The molecule has 1 fully saturated rings. The molecule has 0 spiro atoms. The summed E-state index contributed by atoms with van der Waals surface area (Å²) in [6.45, 7) is 8.98. The number of rotatable bonds is 5. The van der Waals surface area contributed by atoms with E-state index in [1.54, 1.807) is 7.11 Å². The number of halogens is 2. The molecule has 21 heavy (non-hydrogen) atoms. The van der Waals surface area contributed by atoms with E-state index in [1.807, 2.05) is 12.3 Å². The maximum absolute atomic E-state index is 5.15. The van der Waals surface area contributed by atoms with Crippen LogP contribution in [0.4, 0.5) is 0 Å². The highest BCUT2D eigenvalue weighted by atomic mass is 35.5. The van der Waals surface area contributed by atoms with Crippen LogP contribution >= 0.6 is 24.8 Å². The van der Waals surface area contributed by atoms with Gasteiger partial charge in [-0.25, -0.2) is 4.98 Å². The highest BCUT2D eigenvalue weighted by Crippen LogP contribution is 2.31. The van der Waals surface area contributed by atoms with Crippen LogP contribution in [0.25, 0.3) is 0 Å². The summed E-state index contributed by atoms with van der Waals surface area (Å²) in [4.78, 5) is 6.94. The van der Waals surface area contributed by atoms with Gasteiger partial charge in [0.25, 0.3) is 0 Å². The lowest BCUT2D eigenvalue weighted by Crippen LogP contribution is -2.46. The molecule has 1 aliphatic heterocycles. The van der Waals surface area contributed by atoms with Crippen LogP contribution in [0.2, 0.25) is 0 Å². The summed E-state index contributed by atoms with van der Waals surface area (Å²) in [6.07, 6.45) is 3.15. The molecule has 0 aromatic carbocycles. The average Bonchev–Trinajstić information content (AvgIpc) is 2.49. The van der Waals surface area contributed by atoms with E-state index in [1.165, 1.54) is 12.0 Å². The molecule has 1 aromatic rings. The van der Waals surface area contributed by atoms with Crippen molar-refractivity contribution in [1.29, 1.82) is 0 Å². The van der Waals surface area contributed by atoms with Crippen molar-refractivity contribution in [3.05, 3.63) is 23.9 Å². The fraction of sp³-hybridized carbons (Fsp3) is 0.667. The summed E-state index contributed by atoms with van der Waals surface area (Å²) in [5.41, 5.74) is 1.30. The lowest BCUT2D eigenvalue weighted by atomic mass is 9.91. The normalized spacial score (nSPS) is 18.0. The van der Waals surface area contributed by atoms with Crippen molar-refractivity contribution >= 4 is 24.8 Å². The van der Waals surface area contributed by atoms with Crippen molar-refractivity contribution in [3.8, 4) is 5.88 Å². The van der Waals surface area contributed by atoms with E-state index < -0.39 is 0 Å². The Labute approximate surface area is 140 Å². The maximum atomic E-state index is 5.15. The van der Waals surface area contributed by atoms with Gasteiger partial charge in [0.15, 0.2) is 0 Å². The lowest BCUT2D eigenvalue weighted by Gasteiger charge is -2.38. The summed E-state index contributed by atoms with van der Waals surface area (Å²) in [5.74, 6) is 1.32. The first-order chi connectivity index (χ1) is 9.26. The lowest BCUT2D eigenvalue weighted by molar-refractivity contribution is 0.128. The minimum absolute atomic E-state index is 0. The molecule has 2 atom stereocenters. The van der Waals surface area contributed by atoms with E-state index in [-0.39, 0.29) is 24.8 Å². The number of methoxy groups -OCH3 is 1. The molecule has 1 N–H and O–H groups in total. The SMILES string of the molecule is CCC(C)[C@@H](c1ccc(OC)nc1)N1CCNCC1.Cl.Cl. The second kappa shape index (κ2) is 10.2. The van der Waals surface area contributed by atoms with Crippen molar-refractivity contribution in [2.24, 2.45) is 5.92 Å². The Bertz CT molecular complexity index is 383. The molecule has 122 valence electrons. The number of aromatic nitrogens is 1. The molecule has 0 radical (unpaired) electrons. The quantitative estimate of drug-likeness (QED) is 0.897. The molecule has 0 bridgehead atoms. The highest BCUT2D eigenvalue weighted by molar-refractivity contribution is 5.85. The molecule has 0 saturated carbocycles. The molecule has 4 nitrogen and oxygen atoms in total. The predicted molar refractivity (Wildman–Crippen MR) is 91.9 cm³/mol. The summed E-state index contributed by atoms with van der Waals surface area (Å²) < 4.78 is 5.15. The Kier molecular flexibility index (Phi) is 9.95. The van der Waals surface area contributed by atoms with Gasteiger partial charge < -0.3 is 10.1 Å². The van der Waals surface area contributed by atoms with Crippen LogP contribution in [0.1, 0.15) is 31.9 Å². The molecule has 2 heterocycles. The Morgan fingerprint density at radius 1 is 1.29 bits per heavy atom. The largest absolute Gasteiger partial charge is 0.481 e. The van der Waals surface area contributed by atoms with Gasteiger partial charge in [0.05, 0.1) is 7.11 Å². The number of hydrogen-bond donors (Lipinski definition) is 1. The Morgan fingerprint density at radius 3 is 2.43 bits per heavy atom. The van der Waals surface area contributed by atoms with E-state index in [0.717, 1.165) is 26.2 Å². The van der Waals surface area contributed by atoms with Crippen molar-refractivity contribution in [1.82, 2.24) is 15.2 Å². The van der Waals surface area contributed by atoms with Gasteiger partial charge in [-0.05, 0) is 11.5 Å². The molecule has 1 aromatic heterocycles. The average molecular weight is 336 g/mol. The first-order valence-electron chi connectivity index (χ1n) is 7.21. The van der Waals surface area contributed by atoms with Gasteiger partial charge >= 0.3 is 0 Å². The van der Waals surface area contributed by atoms with Gasteiger partial charge in [0.2, 0.25) is 5.88 Å². The molecule has 6 heteroatoms. The molecule has 1 aliphatic rings. The van der Waals surface area contributed by atoms with Crippen LogP contribution in [-0.4, -0.2) is 43.2 Å². The van der Waals surface area contributed by atoms with Gasteiger partial charge in [0.1, 0.15) is 0 Å². The number of pyridine rings is 1. The first-order valence-corrected chi connectivity index (χ1v) is 7.21. The van der Waals surface area contributed by atoms with Gasteiger partial charge in [-0.15, -0.1) is 24.8 Å². The van der Waals surface area contributed by atoms with E-state index >= 15 is 0 Å². The molecule has 0 amide bonds. The second-order valence-corrected chi connectivity index (χ2v) is 5.25. The topological polar surface area (TPSA) is 37.4 Å². The van der Waals surface area contributed by atoms with E-state index in [0.29, 0.717) is 17.8 Å². The number of nitrogens with one attached hydrogen (secondary N) is 1. The number of nitrogens with zero attached hydrogens (tertiary/aromatic N) is 2. The van der Waals surface area contributed by atoms with Crippen LogP contribution in [-0.2, 0) is 0 Å². The standard InChI is InChI=1S/C15H25N3O.2ClH/c1-4-12(2)15(18-9-7-16-8-10-18)13-5-6-14(19-3)17-11-13;;/h5-6,11-12,15-16H,4,7-10H2,1-3H3;2*1H/t12?,15-;;/m0../s1. The van der Waals surface area contributed by atoms with Crippen molar-refractivity contribution in [2.75, 3.05) is 33.3 Å². The van der Waals surface area contributed by atoms with Gasteiger partial charge in [-0.1, -0.05) is 26.3 Å². The van der Waals surface area contributed by atoms with Crippen LogP contribution in [0.3, 0.4) is 0 Å². The van der Waals surface area contributed by atoms with E-state index in [2.05, 4.69) is 35.1 Å². The summed E-state index contributed by atoms with van der Waals surface area (Å²) in [6, 6.07) is 4.59. The zero-order valence-electron chi connectivity index (χ0n) is 13.0. The third kappa shape index (κ3) is 5.29. The van der Waals surface area contributed by atoms with Crippen LogP contribution in [0.5, 0.6) is 5.88 Å². The molecule has 1 saturated heterocycles. The Hall–Kier alpha value is -0.550. The molecule has 2 rings (SSSR count). The zero-order valence-corrected chi connectivity index (χ0v) is 14.7. The maximum Gasteiger partial charge on any atom is 0.212 e. The number of ether oxygens (including phenoxy) is 1. The zero-order chi connectivity index (χ0) is 13.7. The fourth-order valence-corrected chi connectivity index (χ4v) is 2.77. The van der Waals surface area contributed by atoms with Crippen molar-refractivity contribution < 1.29 is 4.74 Å². The van der Waals surface area contributed by atoms with Gasteiger partial charge in [-0.3, -0.25) is 4.90 Å². The smallest absolute Gasteiger partial charge is 0.212 e. The number of piperazine rings is 1. The Balaban J connectivity index is 0.00000200. The third-order valence-corrected chi connectivity index (χ3v) is 4.04.